The Bertz CT molecular complexity index is 882. The molecule has 1 aromatic carbocycles. The van der Waals surface area contributed by atoms with Crippen molar-refractivity contribution in [3.05, 3.63) is 44.4 Å². The first kappa shape index (κ1) is 16.9. The lowest BCUT2D eigenvalue weighted by Gasteiger charge is -2.34. The number of fused-ring (bicyclic) bond motifs is 1. The molecule has 1 aliphatic rings. The third-order valence-corrected chi connectivity index (χ3v) is 6.17. The van der Waals surface area contributed by atoms with Crippen LogP contribution in [0.3, 0.4) is 0 Å². The lowest BCUT2D eigenvalue weighted by atomic mass is 10.2. The molecule has 0 saturated carbocycles. The molecule has 0 unspecified atom stereocenters. The molecule has 0 spiro atoms. The minimum absolute atomic E-state index is 0.829. The van der Waals surface area contributed by atoms with Gasteiger partial charge in [0.1, 0.15) is 5.01 Å². The number of aryl methyl sites for hydroxylation is 2. The van der Waals surface area contributed by atoms with Crippen molar-refractivity contribution in [3.63, 3.8) is 0 Å². The summed E-state index contributed by atoms with van der Waals surface area (Å²) in [6, 6.07) is 6.11. The van der Waals surface area contributed by atoms with Crippen LogP contribution < -0.4 is 4.90 Å². The van der Waals surface area contributed by atoms with Crippen molar-refractivity contribution in [2.45, 2.75) is 20.4 Å². The number of aromatic nitrogens is 3. The van der Waals surface area contributed by atoms with Gasteiger partial charge in [0, 0.05) is 47.1 Å². The van der Waals surface area contributed by atoms with Gasteiger partial charge in [-0.05, 0) is 32.0 Å². The largest absolute Gasteiger partial charge is 0.338 e. The molecule has 0 N–H and O–H groups in total. The highest BCUT2D eigenvalue weighted by Crippen LogP contribution is 2.22. The van der Waals surface area contributed by atoms with Crippen LogP contribution in [0.15, 0.2) is 28.9 Å². The van der Waals surface area contributed by atoms with Gasteiger partial charge in [-0.15, -0.1) is 11.3 Å². The molecule has 1 fully saturated rings. The van der Waals surface area contributed by atoms with Crippen molar-refractivity contribution in [2.75, 3.05) is 31.1 Å². The van der Waals surface area contributed by atoms with E-state index in [4.69, 9.17) is 4.98 Å². The number of anilines is 1. The van der Waals surface area contributed by atoms with Crippen LogP contribution in [0, 0.1) is 13.8 Å². The van der Waals surface area contributed by atoms with Crippen LogP contribution in [-0.4, -0.2) is 46.0 Å². The zero-order valence-electron chi connectivity index (χ0n) is 14.4. The summed E-state index contributed by atoms with van der Waals surface area (Å²) in [5, 5.41) is 2.28. The number of hydrogen-bond donors (Lipinski definition) is 0. The van der Waals surface area contributed by atoms with Gasteiger partial charge < -0.3 is 4.90 Å². The number of rotatable bonds is 3. The summed E-state index contributed by atoms with van der Waals surface area (Å²) in [5.41, 5.74) is 2.15. The van der Waals surface area contributed by atoms with Crippen LogP contribution in [0.2, 0.25) is 0 Å². The third kappa shape index (κ3) is 3.68. The zero-order chi connectivity index (χ0) is 17.4. The van der Waals surface area contributed by atoms with Crippen molar-refractivity contribution in [3.8, 4) is 0 Å². The molecule has 0 amide bonds. The van der Waals surface area contributed by atoms with Crippen LogP contribution in [-0.2, 0) is 6.54 Å². The molecule has 7 heteroatoms. The van der Waals surface area contributed by atoms with E-state index in [-0.39, 0.29) is 0 Å². The Morgan fingerprint density at radius 3 is 2.64 bits per heavy atom. The van der Waals surface area contributed by atoms with E-state index in [1.165, 1.54) is 9.88 Å². The average Bonchev–Trinajstić information content (AvgIpc) is 2.92. The van der Waals surface area contributed by atoms with E-state index in [9.17, 15) is 0 Å². The van der Waals surface area contributed by atoms with Gasteiger partial charge in [-0.25, -0.2) is 15.0 Å². The second-order valence-corrected chi connectivity index (χ2v) is 8.59. The van der Waals surface area contributed by atoms with E-state index in [2.05, 4.69) is 55.6 Å². The Balaban J connectivity index is 1.42. The van der Waals surface area contributed by atoms with Gasteiger partial charge in [-0.1, -0.05) is 15.9 Å². The van der Waals surface area contributed by atoms with E-state index in [1.54, 1.807) is 0 Å². The van der Waals surface area contributed by atoms with Crippen LogP contribution in [0.5, 0.6) is 0 Å². The van der Waals surface area contributed by atoms with Crippen molar-refractivity contribution in [1.29, 1.82) is 0 Å². The maximum atomic E-state index is 4.73. The first-order valence-electron chi connectivity index (χ1n) is 8.41. The van der Waals surface area contributed by atoms with Crippen LogP contribution in [0.4, 0.5) is 5.95 Å². The first-order valence-corrected chi connectivity index (χ1v) is 10.0. The Morgan fingerprint density at radius 2 is 1.92 bits per heavy atom. The Labute approximate surface area is 159 Å². The SMILES string of the molecule is Cc1nc(CN2CCN(c3ncc4cc(Br)ccc4n3)CC2)sc1C. The zero-order valence-corrected chi connectivity index (χ0v) is 16.8. The number of piperazine rings is 1. The molecular formula is C18H20BrN5S. The Kier molecular flexibility index (Phi) is 4.71. The molecule has 0 aliphatic carbocycles. The standard InChI is InChI=1S/C18H20BrN5S/c1-12-13(2)25-17(21-12)11-23-5-7-24(8-6-23)18-20-10-14-9-15(19)3-4-16(14)22-18/h3-4,9-10H,5-8,11H2,1-2H3. The Hall–Kier alpha value is -1.57. The fraction of sp³-hybridized carbons (Fsp3) is 0.389. The molecule has 4 rings (SSSR count). The predicted octanol–water partition coefficient (Wildman–Crippen LogP) is 3.79. The van der Waals surface area contributed by atoms with Gasteiger partial charge in [-0.2, -0.15) is 0 Å². The molecular weight excluding hydrogens is 398 g/mol. The molecule has 130 valence electrons. The fourth-order valence-corrected chi connectivity index (χ4v) is 4.41. The number of hydrogen-bond acceptors (Lipinski definition) is 6. The van der Waals surface area contributed by atoms with Gasteiger partial charge in [0.05, 0.1) is 17.8 Å². The van der Waals surface area contributed by atoms with Gasteiger partial charge >= 0.3 is 0 Å². The van der Waals surface area contributed by atoms with E-state index in [1.807, 2.05) is 29.7 Å². The van der Waals surface area contributed by atoms with Gasteiger partial charge in [0.15, 0.2) is 0 Å². The average molecular weight is 418 g/mol. The molecule has 3 aromatic rings. The highest BCUT2D eigenvalue weighted by Gasteiger charge is 2.20. The molecule has 3 heterocycles. The molecule has 1 saturated heterocycles. The number of thiazole rings is 1. The summed E-state index contributed by atoms with van der Waals surface area (Å²) in [5.74, 6) is 0.829. The van der Waals surface area contributed by atoms with E-state index < -0.39 is 0 Å². The minimum atomic E-state index is 0.829. The van der Waals surface area contributed by atoms with Crippen molar-refractivity contribution in [1.82, 2.24) is 19.9 Å². The second-order valence-electron chi connectivity index (χ2n) is 6.39. The minimum Gasteiger partial charge on any atom is -0.338 e. The molecule has 2 aromatic heterocycles. The summed E-state index contributed by atoms with van der Waals surface area (Å²) >= 11 is 5.30. The number of benzene rings is 1. The third-order valence-electron chi connectivity index (χ3n) is 4.62. The van der Waals surface area contributed by atoms with Crippen LogP contribution in [0.1, 0.15) is 15.6 Å². The van der Waals surface area contributed by atoms with Crippen LogP contribution >= 0.6 is 27.3 Å². The van der Waals surface area contributed by atoms with E-state index >= 15 is 0 Å². The highest BCUT2D eigenvalue weighted by molar-refractivity contribution is 9.10. The van der Waals surface area contributed by atoms with Crippen molar-refractivity contribution in [2.24, 2.45) is 0 Å². The summed E-state index contributed by atoms with van der Waals surface area (Å²) < 4.78 is 1.05. The topological polar surface area (TPSA) is 45.2 Å². The van der Waals surface area contributed by atoms with Gasteiger partial charge in [-0.3, -0.25) is 4.90 Å². The molecule has 0 atom stereocenters. The second kappa shape index (κ2) is 6.97. The summed E-state index contributed by atoms with van der Waals surface area (Å²) in [7, 11) is 0. The van der Waals surface area contributed by atoms with E-state index in [0.29, 0.717) is 0 Å². The smallest absolute Gasteiger partial charge is 0.225 e. The molecule has 1 aliphatic heterocycles. The lowest BCUT2D eigenvalue weighted by molar-refractivity contribution is 0.248. The van der Waals surface area contributed by atoms with Gasteiger partial charge in [0.2, 0.25) is 5.95 Å². The van der Waals surface area contributed by atoms with E-state index in [0.717, 1.165) is 59.7 Å². The maximum absolute atomic E-state index is 4.73. The van der Waals surface area contributed by atoms with Crippen molar-refractivity contribution < 1.29 is 0 Å². The molecule has 25 heavy (non-hydrogen) atoms. The fourth-order valence-electron chi connectivity index (χ4n) is 3.05. The lowest BCUT2D eigenvalue weighted by Crippen LogP contribution is -2.46. The number of halogens is 1. The molecule has 5 nitrogen and oxygen atoms in total. The highest BCUT2D eigenvalue weighted by atomic mass is 79.9. The summed E-state index contributed by atoms with van der Waals surface area (Å²) in [6.07, 6.45) is 1.91. The van der Waals surface area contributed by atoms with Crippen molar-refractivity contribution >= 4 is 44.1 Å². The Morgan fingerprint density at radius 1 is 1.12 bits per heavy atom. The monoisotopic (exact) mass is 417 g/mol. The predicted molar refractivity (Wildman–Crippen MR) is 106 cm³/mol. The summed E-state index contributed by atoms with van der Waals surface area (Å²) in [6.45, 7) is 9.10. The maximum Gasteiger partial charge on any atom is 0.225 e. The first-order chi connectivity index (χ1) is 12.1. The molecule has 0 bridgehead atoms. The molecule has 0 radical (unpaired) electrons. The van der Waals surface area contributed by atoms with Crippen LogP contribution in [0.25, 0.3) is 10.9 Å². The summed E-state index contributed by atoms with van der Waals surface area (Å²) in [4.78, 5) is 20.0. The van der Waals surface area contributed by atoms with Gasteiger partial charge in [0.25, 0.3) is 0 Å². The number of nitrogens with zero attached hydrogens (tertiary/aromatic N) is 5. The quantitative estimate of drug-likeness (QED) is 0.648. The normalized spacial score (nSPS) is 15.9.